The molecule has 0 unspecified atom stereocenters. The van der Waals surface area contributed by atoms with E-state index in [1.807, 2.05) is 0 Å². The molecule has 0 aliphatic carbocycles. The largest absolute Gasteiger partial charge is 0.288 e. The molecule has 0 fully saturated rings. The molecule has 0 N–H and O–H groups in total. The molecule has 0 bridgehead atoms. The molecule has 1 amide bonds. The van der Waals surface area contributed by atoms with Crippen LogP contribution in [0.1, 0.15) is 0 Å². The summed E-state index contributed by atoms with van der Waals surface area (Å²) >= 11 is 0. The predicted octanol–water partition coefficient (Wildman–Crippen LogP) is 0.209. The number of dihydropyridines is 1. The van der Waals surface area contributed by atoms with Gasteiger partial charge in [0.2, 0.25) is 0 Å². The number of amides is 1. The van der Waals surface area contributed by atoms with Gasteiger partial charge in [-0.05, 0) is 6.08 Å². The third kappa shape index (κ3) is 1.06. The third-order valence-corrected chi connectivity index (χ3v) is 0.928. The van der Waals surface area contributed by atoms with Gasteiger partial charge in [-0.15, -0.1) is 0 Å². The molecule has 0 aromatic rings. The van der Waals surface area contributed by atoms with Gasteiger partial charge in [0, 0.05) is 0 Å². The molecule has 0 aromatic carbocycles. The van der Waals surface area contributed by atoms with Crippen molar-refractivity contribution in [2.24, 2.45) is 4.99 Å². The number of hydrogen-bond acceptors (Lipinski definition) is 2. The van der Waals surface area contributed by atoms with Gasteiger partial charge in [-0.1, -0.05) is 0 Å². The lowest BCUT2D eigenvalue weighted by atomic mass is 10.2. The van der Waals surface area contributed by atoms with Gasteiger partial charge in [0.05, 0.1) is 6.21 Å². The monoisotopic (exact) mass is 139 g/mol. The van der Waals surface area contributed by atoms with E-state index in [4.69, 9.17) is 0 Å². The average Bonchev–Trinajstić information content (AvgIpc) is 1.94. The topological polar surface area (TPSA) is 46.5 Å². The highest BCUT2D eigenvalue weighted by atomic mass is 19.1. The molecule has 0 atom stereocenters. The summed E-state index contributed by atoms with van der Waals surface area (Å²) in [7, 11) is 0. The van der Waals surface area contributed by atoms with Crippen molar-refractivity contribution in [2.45, 2.75) is 0 Å². The van der Waals surface area contributed by atoms with E-state index in [9.17, 15) is 14.0 Å². The van der Waals surface area contributed by atoms with Gasteiger partial charge < -0.3 is 0 Å². The van der Waals surface area contributed by atoms with Crippen molar-refractivity contribution < 1.29 is 14.0 Å². The number of nitrogens with zero attached hydrogens (tertiary/aromatic N) is 1. The van der Waals surface area contributed by atoms with Gasteiger partial charge in [0.1, 0.15) is 17.3 Å². The Morgan fingerprint density at radius 3 is 2.80 bits per heavy atom. The maximum Gasteiger partial charge on any atom is 0.288 e. The second kappa shape index (κ2) is 2.37. The summed E-state index contributed by atoms with van der Waals surface area (Å²) in [5, 5.41) is 0. The van der Waals surface area contributed by atoms with E-state index in [-0.39, 0.29) is 5.57 Å². The van der Waals surface area contributed by atoms with Gasteiger partial charge in [-0.25, -0.2) is 14.2 Å². The maximum absolute atomic E-state index is 12.2. The second-order valence-electron chi connectivity index (χ2n) is 1.61. The van der Waals surface area contributed by atoms with Crippen LogP contribution < -0.4 is 0 Å². The van der Waals surface area contributed by atoms with Crippen LogP contribution in [0, 0.1) is 0 Å². The van der Waals surface area contributed by atoms with Crippen molar-refractivity contribution in [3.8, 4) is 0 Å². The van der Waals surface area contributed by atoms with E-state index in [1.165, 1.54) is 5.94 Å². The Labute approximate surface area is 55.6 Å². The van der Waals surface area contributed by atoms with Crippen LogP contribution in [0.15, 0.2) is 22.5 Å². The summed E-state index contributed by atoms with van der Waals surface area (Å²) in [6.07, 6.45) is 1.55. The Balaban J connectivity index is 3.10. The number of aliphatic imine (C=N–C) groups is 1. The summed E-state index contributed by atoms with van der Waals surface area (Å²) < 4.78 is 12.2. The summed E-state index contributed by atoms with van der Waals surface area (Å²) in [4.78, 5) is 23.4. The zero-order chi connectivity index (χ0) is 7.56. The summed E-state index contributed by atoms with van der Waals surface area (Å²) in [6, 6.07) is 0. The van der Waals surface area contributed by atoms with E-state index in [0.29, 0.717) is 0 Å². The lowest BCUT2D eigenvalue weighted by Gasteiger charge is -1.94. The van der Waals surface area contributed by atoms with Gasteiger partial charge in [-0.2, -0.15) is 0 Å². The van der Waals surface area contributed by atoms with Gasteiger partial charge in [0.25, 0.3) is 5.91 Å². The normalized spacial score (nSPS) is 16.7. The van der Waals surface area contributed by atoms with E-state index in [0.717, 1.165) is 12.3 Å². The fourth-order valence-electron chi connectivity index (χ4n) is 0.500. The second-order valence-corrected chi connectivity index (χ2v) is 1.61. The lowest BCUT2D eigenvalue weighted by molar-refractivity contribution is -0.114. The van der Waals surface area contributed by atoms with E-state index < -0.39 is 11.7 Å². The molecule has 0 saturated carbocycles. The molecule has 50 valence electrons. The van der Waals surface area contributed by atoms with Crippen LogP contribution in [-0.2, 0) is 9.59 Å². The van der Waals surface area contributed by atoms with Gasteiger partial charge in [0.15, 0.2) is 0 Å². The minimum Gasteiger partial charge on any atom is -0.266 e. The Hall–Kier alpha value is -1.54. The number of carbonyl (C=O) groups excluding carboxylic acids is 2. The zero-order valence-electron chi connectivity index (χ0n) is 4.80. The minimum absolute atomic E-state index is 0.375. The van der Waals surface area contributed by atoms with Crippen LogP contribution in [0.5, 0.6) is 0 Å². The molecular formula is C6H2FNO2. The summed E-state index contributed by atoms with van der Waals surface area (Å²) in [6.45, 7) is 0. The quantitative estimate of drug-likeness (QED) is 0.355. The summed E-state index contributed by atoms with van der Waals surface area (Å²) in [5.41, 5.74) is -0.375. The summed E-state index contributed by atoms with van der Waals surface area (Å²) in [5.74, 6) is -0.192. The fourth-order valence-corrected chi connectivity index (χ4v) is 0.500. The SMILES string of the molecule is O=C=C1C=C(F)C=NC1=O. The standard InChI is InChI=1S/C6H2FNO2/c7-5-1-4(3-9)6(10)8-2-5/h1-2H. The first-order valence-corrected chi connectivity index (χ1v) is 2.45. The number of rotatable bonds is 0. The van der Waals surface area contributed by atoms with Crippen molar-refractivity contribution in [3.63, 3.8) is 0 Å². The number of allylic oxidation sites excluding steroid dienone is 1. The first-order chi connectivity index (χ1) is 4.74. The highest BCUT2D eigenvalue weighted by Gasteiger charge is 2.11. The van der Waals surface area contributed by atoms with Crippen LogP contribution >= 0.6 is 0 Å². The van der Waals surface area contributed by atoms with E-state index in [2.05, 4.69) is 4.99 Å². The molecule has 0 radical (unpaired) electrons. The number of carbonyl (C=O) groups is 1. The molecule has 0 spiro atoms. The average molecular weight is 139 g/mol. The van der Waals surface area contributed by atoms with Crippen molar-refractivity contribution in [1.82, 2.24) is 0 Å². The maximum atomic E-state index is 12.2. The Bertz CT molecular complexity index is 284. The molecule has 0 saturated heterocycles. The Kier molecular flexibility index (Phi) is 1.56. The first kappa shape index (κ1) is 6.58. The lowest BCUT2D eigenvalue weighted by Crippen LogP contribution is -2.03. The van der Waals surface area contributed by atoms with Gasteiger partial charge >= 0.3 is 0 Å². The van der Waals surface area contributed by atoms with Crippen molar-refractivity contribution in [1.29, 1.82) is 0 Å². The smallest absolute Gasteiger partial charge is 0.266 e. The Morgan fingerprint density at radius 2 is 2.30 bits per heavy atom. The van der Waals surface area contributed by atoms with Crippen molar-refractivity contribution in [2.75, 3.05) is 0 Å². The Morgan fingerprint density at radius 1 is 1.60 bits per heavy atom. The highest BCUT2D eigenvalue weighted by molar-refractivity contribution is 6.11. The predicted molar refractivity (Wildman–Crippen MR) is 31.9 cm³/mol. The zero-order valence-corrected chi connectivity index (χ0v) is 4.80. The van der Waals surface area contributed by atoms with Crippen LogP contribution in [-0.4, -0.2) is 18.1 Å². The molecule has 1 rings (SSSR count). The van der Waals surface area contributed by atoms with E-state index in [1.54, 1.807) is 0 Å². The van der Waals surface area contributed by atoms with Crippen LogP contribution in [0.2, 0.25) is 0 Å². The molecule has 1 aliphatic rings. The third-order valence-electron chi connectivity index (χ3n) is 0.928. The minimum atomic E-state index is -0.753. The fraction of sp³-hybridized carbons (Fsp3) is 0. The molecule has 10 heavy (non-hydrogen) atoms. The van der Waals surface area contributed by atoms with Crippen LogP contribution in [0.4, 0.5) is 4.39 Å². The highest BCUT2D eigenvalue weighted by Crippen LogP contribution is 2.06. The first-order valence-electron chi connectivity index (χ1n) is 2.45. The van der Waals surface area contributed by atoms with Gasteiger partial charge in [-0.3, -0.25) is 4.79 Å². The van der Waals surface area contributed by atoms with Crippen molar-refractivity contribution >= 4 is 18.1 Å². The van der Waals surface area contributed by atoms with Crippen LogP contribution in [0.3, 0.4) is 0 Å². The molecule has 1 heterocycles. The van der Waals surface area contributed by atoms with Crippen LogP contribution in [0.25, 0.3) is 0 Å². The molecule has 1 aliphatic heterocycles. The molecule has 3 nitrogen and oxygen atoms in total. The molecule has 4 heteroatoms. The number of hydrogen-bond donors (Lipinski definition) is 0. The van der Waals surface area contributed by atoms with E-state index >= 15 is 0 Å². The number of halogens is 1. The van der Waals surface area contributed by atoms with Crippen molar-refractivity contribution in [3.05, 3.63) is 17.5 Å². The molecular weight excluding hydrogens is 137 g/mol. The molecule has 0 aromatic heterocycles.